The van der Waals surface area contributed by atoms with Crippen LogP contribution in [-0.4, -0.2) is 32.2 Å². The molecule has 2 rings (SSSR count). The van der Waals surface area contributed by atoms with Crippen molar-refractivity contribution < 1.29 is 9.22 Å². The van der Waals surface area contributed by atoms with Gasteiger partial charge in [-0.05, 0) is 35.7 Å². The maximum absolute atomic E-state index is 12.0. The first-order chi connectivity index (χ1) is 13.2. The van der Waals surface area contributed by atoms with Crippen molar-refractivity contribution in [3.8, 4) is 0 Å². The first-order valence-corrected chi connectivity index (χ1v) is 13.0. The summed E-state index contributed by atoms with van der Waals surface area (Å²) in [4.78, 5) is 14.3. The highest BCUT2D eigenvalue weighted by Crippen LogP contribution is 2.36. The molecule has 2 aromatic rings. The standard InChI is InChI=1S/C24H35NO2Si/c1-24(2,3)28(4,5)27-17-16-23(20-26)25(18-21-12-8-6-9-13-21)19-22-14-10-7-11-15-22/h6-15,20,23H,16-19H2,1-5H3/t23-/m1/s1. The third-order valence-corrected chi connectivity index (χ3v) is 10.3. The van der Waals surface area contributed by atoms with Crippen LogP contribution in [0.4, 0.5) is 0 Å². The Morgan fingerprint density at radius 1 is 0.929 bits per heavy atom. The molecule has 0 N–H and O–H groups in total. The van der Waals surface area contributed by atoms with Gasteiger partial charge in [-0.2, -0.15) is 0 Å². The van der Waals surface area contributed by atoms with Crippen LogP contribution in [0, 0.1) is 0 Å². The summed E-state index contributed by atoms with van der Waals surface area (Å²) in [6.45, 7) is 13.4. The van der Waals surface area contributed by atoms with Crippen molar-refractivity contribution >= 4 is 14.6 Å². The summed E-state index contributed by atoms with van der Waals surface area (Å²) >= 11 is 0. The van der Waals surface area contributed by atoms with Crippen LogP contribution in [0.1, 0.15) is 38.3 Å². The second kappa shape index (κ2) is 10.1. The Kier molecular flexibility index (Phi) is 8.17. The summed E-state index contributed by atoms with van der Waals surface area (Å²) in [7, 11) is -1.80. The van der Waals surface area contributed by atoms with Crippen molar-refractivity contribution in [2.24, 2.45) is 0 Å². The zero-order chi connectivity index (χ0) is 20.6. The molecule has 3 nitrogen and oxygen atoms in total. The van der Waals surface area contributed by atoms with E-state index >= 15 is 0 Å². The molecule has 0 aliphatic rings. The maximum atomic E-state index is 12.0. The van der Waals surface area contributed by atoms with E-state index in [1.165, 1.54) is 11.1 Å². The minimum Gasteiger partial charge on any atom is -0.417 e. The summed E-state index contributed by atoms with van der Waals surface area (Å²) in [6.07, 6.45) is 1.80. The Bertz CT molecular complexity index is 669. The minimum atomic E-state index is -1.80. The van der Waals surface area contributed by atoms with Gasteiger partial charge in [0, 0.05) is 19.7 Å². The number of carbonyl (C=O) groups excluding carboxylic acids is 1. The normalized spacial score (nSPS) is 13.5. The molecule has 0 aliphatic carbocycles. The van der Waals surface area contributed by atoms with Gasteiger partial charge in [0.25, 0.3) is 0 Å². The highest BCUT2D eigenvalue weighted by molar-refractivity contribution is 6.74. The van der Waals surface area contributed by atoms with Crippen LogP contribution in [0.15, 0.2) is 60.7 Å². The fraction of sp³-hybridized carbons (Fsp3) is 0.458. The molecule has 0 unspecified atom stereocenters. The van der Waals surface area contributed by atoms with E-state index in [2.05, 4.69) is 63.0 Å². The van der Waals surface area contributed by atoms with E-state index in [4.69, 9.17) is 4.43 Å². The monoisotopic (exact) mass is 397 g/mol. The van der Waals surface area contributed by atoms with Crippen LogP contribution in [0.5, 0.6) is 0 Å². The van der Waals surface area contributed by atoms with Crippen LogP contribution in [-0.2, 0) is 22.3 Å². The van der Waals surface area contributed by atoms with E-state index in [-0.39, 0.29) is 11.1 Å². The lowest BCUT2D eigenvalue weighted by Crippen LogP contribution is -2.42. The molecule has 0 bridgehead atoms. The van der Waals surface area contributed by atoms with Gasteiger partial charge in [0.1, 0.15) is 6.29 Å². The van der Waals surface area contributed by atoms with Gasteiger partial charge in [0.05, 0.1) is 6.04 Å². The fourth-order valence-corrected chi connectivity index (χ4v) is 3.98. The molecule has 0 fully saturated rings. The van der Waals surface area contributed by atoms with Crippen molar-refractivity contribution in [3.63, 3.8) is 0 Å². The molecule has 0 radical (unpaired) electrons. The second-order valence-corrected chi connectivity index (χ2v) is 13.8. The Labute approximate surface area is 171 Å². The van der Waals surface area contributed by atoms with E-state index < -0.39 is 8.32 Å². The number of aldehydes is 1. The summed E-state index contributed by atoms with van der Waals surface area (Å²) in [6, 6.07) is 20.5. The van der Waals surface area contributed by atoms with E-state index in [9.17, 15) is 4.79 Å². The predicted octanol–water partition coefficient (Wildman–Crippen LogP) is 5.67. The lowest BCUT2D eigenvalue weighted by Gasteiger charge is -2.37. The van der Waals surface area contributed by atoms with Crippen LogP contribution in [0.3, 0.4) is 0 Å². The van der Waals surface area contributed by atoms with Crippen LogP contribution < -0.4 is 0 Å². The van der Waals surface area contributed by atoms with Gasteiger partial charge in [0.15, 0.2) is 8.32 Å². The molecule has 0 saturated carbocycles. The van der Waals surface area contributed by atoms with Gasteiger partial charge >= 0.3 is 0 Å². The average Bonchev–Trinajstić information content (AvgIpc) is 2.65. The lowest BCUT2D eigenvalue weighted by molar-refractivity contribution is -0.113. The van der Waals surface area contributed by atoms with Gasteiger partial charge in [-0.1, -0.05) is 81.4 Å². The van der Waals surface area contributed by atoms with E-state index in [0.29, 0.717) is 6.61 Å². The Morgan fingerprint density at radius 3 is 1.79 bits per heavy atom. The van der Waals surface area contributed by atoms with Gasteiger partial charge in [0.2, 0.25) is 0 Å². The molecular formula is C24H35NO2Si. The molecule has 0 aliphatic heterocycles. The first kappa shape index (κ1) is 22.5. The van der Waals surface area contributed by atoms with Crippen molar-refractivity contribution in [1.82, 2.24) is 4.90 Å². The molecule has 152 valence electrons. The third-order valence-electron chi connectivity index (χ3n) is 5.77. The van der Waals surface area contributed by atoms with Crippen molar-refractivity contribution in [3.05, 3.63) is 71.8 Å². The van der Waals surface area contributed by atoms with E-state index in [1.54, 1.807) is 0 Å². The van der Waals surface area contributed by atoms with E-state index in [1.807, 2.05) is 36.4 Å². The van der Waals surface area contributed by atoms with Crippen molar-refractivity contribution in [1.29, 1.82) is 0 Å². The molecule has 0 saturated heterocycles. The largest absolute Gasteiger partial charge is 0.417 e. The highest BCUT2D eigenvalue weighted by Gasteiger charge is 2.37. The predicted molar refractivity (Wildman–Crippen MR) is 120 cm³/mol. The topological polar surface area (TPSA) is 29.5 Å². The zero-order valence-electron chi connectivity index (χ0n) is 18.0. The SMILES string of the molecule is CC(C)(C)[Si](C)(C)OCC[C@H](C=O)N(Cc1ccccc1)Cc1ccccc1. The van der Waals surface area contributed by atoms with Gasteiger partial charge in [-0.3, -0.25) is 4.90 Å². The lowest BCUT2D eigenvalue weighted by atomic mass is 10.1. The molecule has 0 spiro atoms. The Hall–Kier alpha value is -1.75. The Morgan fingerprint density at radius 2 is 1.39 bits per heavy atom. The smallest absolute Gasteiger partial charge is 0.191 e. The maximum Gasteiger partial charge on any atom is 0.191 e. The number of benzene rings is 2. The van der Waals surface area contributed by atoms with Crippen LogP contribution >= 0.6 is 0 Å². The molecule has 4 heteroatoms. The molecule has 0 amide bonds. The third kappa shape index (κ3) is 6.69. The molecule has 28 heavy (non-hydrogen) atoms. The summed E-state index contributed by atoms with van der Waals surface area (Å²) in [5.74, 6) is 0. The summed E-state index contributed by atoms with van der Waals surface area (Å²) in [5.41, 5.74) is 2.44. The van der Waals surface area contributed by atoms with Crippen LogP contribution in [0.2, 0.25) is 18.1 Å². The van der Waals surface area contributed by atoms with Gasteiger partial charge < -0.3 is 9.22 Å². The van der Waals surface area contributed by atoms with Crippen molar-refractivity contribution in [2.45, 2.75) is 64.5 Å². The second-order valence-electron chi connectivity index (χ2n) is 8.98. The summed E-state index contributed by atoms with van der Waals surface area (Å²) in [5, 5.41) is 0.178. The zero-order valence-corrected chi connectivity index (χ0v) is 19.0. The number of rotatable bonds is 10. The average molecular weight is 398 g/mol. The number of hydrogen-bond acceptors (Lipinski definition) is 3. The van der Waals surface area contributed by atoms with Gasteiger partial charge in [-0.15, -0.1) is 0 Å². The molecule has 0 heterocycles. The molecule has 0 aromatic heterocycles. The fourth-order valence-electron chi connectivity index (χ4n) is 2.91. The number of carbonyl (C=O) groups is 1. The summed E-state index contributed by atoms with van der Waals surface area (Å²) < 4.78 is 6.33. The molecule has 1 atom stereocenters. The molecule has 2 aromatic carbocycles. The highest BCUT2D eigenvalue weighted by atomic mass is 28.4. The molecular weight excluding hydrogens is 362 g/mol. The van der Waals surface area contributed by atoms with E-state index in [0.717, 1.165) is 25.8 Å². The quantitative estimate of drug-likeness (QED) is 0.382. The van der Waals surface area contributed by atoms with Gasteiger partial charge in [-0.25, -0.2) is 0 Å². The number of nitrogens with zero attached hydrogens (tertiary/aromatic N) is 1. The minimum absolute atomic E-state index is 0.162. The first-order valence-electron chi connectivity index (χ1n) is 10.1. The number of hydrogen-bond donors (Lipinski definition) is 0. The Balaban J connectivity index is 2.09. The van der Waals surface area contributed by atoms with Crippen molar-refractivity contribution in [2.75, 3.05) is 6.61 Å². The van der Waals surface area contributed by atoms with Crippen LogP contribution in [0.25, 0.3) is 0 Å².